The van der Waals surface area contributed by atoms with Crippen molar-refractivity contribution in [2.75, 3.05) is 13.7 Å². The first-order chi connectivity index (χ1) is 9.11. The Kier molecular flexibility index (Phi) is 4.53. The molecule has 0 aliphatic heterocycles. The smallest absolute Gasteiger partial charge is 0.255 e. The highest BCUT2D eigenvalue weighted by molar-refractivity contribution is 6.20. The van der Waals surface area contributed by atoms with E-state index in [9.17, 15) is 9.90 Å². The topological polar surface area (TPSA) is 58.6 Å². The molecule has 0 heterocycles. The van der Waals surface area contributed by atoms with E-state index in [0.29, 0.717) is 18.2 Å². The second-order valence-electron chi connectivity index (χ2n) is 4.84. The number of ether oxygens (including phenoxy) is 1. The molecule has 19 heavy (non-hydrogen) atoms. The Balaban J connectivity index is 1.96. The van der Waals surface area contributed by atoms with Crippen LogP contribution in [0.2, 0.25) is 0 Å². The van der Waals surface area contributed by atoms with Gasteiger partial charge in [-0.25, -0.2) is 0 Å². The summed E-state index contributed by atoms with van der Waals surface area (Å²) in [4.78, 5) is 12.0. The summed E-state index contributed by atoms with van der Waals surface area (Å²) in [5, 5.41) is 13.0. The molecule has 5 heteroatoms. The van der Waals surface area contributed by atoms with Gasteiger partial charge in [0.1, 0.15) is 0 Å². The van der Waals surface area contributed by atoms with Gasteiger partial charge in [0.2, 0.25) is 0 Å². The van der Waals surface area contributed by atoms with Gasteiger partial charge in [0.05, 0.1) is 12.7 Å². The van der Waals surface area contributed by atoms with E-state index in [4.69, 9.17) is 16.3 Å². The van der Waals surface area contributed by atoms with Crippen molar-refractivity contribution in [1.82, 2.24) is 5.32 Å². The van der Waals surface area contributed by atoms with E-state index >= 15 is 0 Å². The summed E-state index contributed by atoms with van der Waals surface area (Å²) in [5.74, 6) is 0.326. The Hall–Kier alpha value is -1.42. The second kappa shape index (κ2) is 6.15. The number of carbonyl (C=O) groups excluding carboxylic acids is 1. The third-order valence-corrected chi connectivity index (χ3v) is 3.89. The molecule has 2 rings (SSSR count). The third kappa shape index (κ3) is 3.32. The van der Waals surface area contributed by atoms with E-state index in [1.807, 2.05) is 0 Å². The molecule has 2 unspecified atom stereocenters. The summed E-state index contributed by atoms with van der Waals surface area (Å²) in [7, 11) is 1.45. The molecule has 1 aromatic carbocycles. The number of alkyl halides is 1. The van der Waals surface area contributed by atoms with Crippen LogP contribution >= 0.6 is 11.6 Å². The van der Waals surface area contributed by atoms with Gasteiger partial charge in [0, 0.05) is 11.9 Å². The van der Waals surface area contributed by atoms with Crippen LogP contribution in [0.15, 0.2) is 18.2 Å². The van der Waals surface area contributed by atoms with Gasteiger partial charge in [-0.2, -0.15) is 0 Å². The summed E-state index contributed by atoms with van der Waals surface area (Å²) in [6.45, 7) is 0.596. The lowest BCUT2D eigenvalue weighted by Gasteiger charge is -2.12. The molecule has 1 aliphatic rings. The zero-order chi connectivity index (χ0) is 13.8. The highest BCUT2D eigenvalue weighted by Crippen LogP contribution is 2.30. The quantitative estimate of drug-likeness (QED) is 0.835. The van der Waals surface area contributed by atoms with Crippen LogP contribution in [0.5, 0.6) is 11.5 Å². The molecule has 2 N–H and O–H groups in total. The first-order valence-electron chi connectivity index (χ1n) is 6.40. The van der Waals surface area contributed by atoms with Gasteiger partial charge in [-0.15, -0.1) is 11.6 Å². The number of halogens is 1. The fraction of sp³-hybridized carbons (Fsp3) is 0.500. The summed E-state index contributed by atoms with van der Waals surface area (Å²) >= 11 is 6.03. The Morgan fingerprint density at radius 2 is 2.32 bits per heavy atom. The van der Waals surface area contributed by atoms with Crippen molar-refractivity contribution in [2.45, 2.75) is 24.6 Å². The predicted molar refractivity (Wildman–Crippen MR) is 74.0 cm³/mol. The van der Waals surface area contributed by atoms with Crippen molar-refractivity contribution in [1.29, 1.82) is 0 Å². The fourth-order valence-electron chi connectivity index (χ4n) is 2.40. The number of para-hydroxylation sites is 1. The number of benzene rings is 1. The number of aromatic hydroxyl groups is 1. The second-order valence-corrected chi connectivity index (χ2v) is 5.46. The van der Waals surface area contributed by atoms with E-state index in [-0.39, 0.29) is 22.6 Å². The minimum atomic E-state index is -0.283. The molecule has 1 saturated carbocycles. The molecule has 1 amide bonds. The number of methoxy groups -OCH3 is 1. The molecule has 0 bridgehead atoms. The van der Waals surface area contributed by atoms with Crippen molar-refractivity contribution in [3.63, 3.8) is 0 Å². The Morgan fingerprint density at radius 1 is 1.53 bits per heavy atom. The van der Waals surface area contributed by atoms with E-state index < -0.39 is 0 Å². The molecular formula is C14H18ClNO3. The Morgan fingerprint density at radius 3 is 2.95 bits per heavy atom. The molecule has 1 aromatic rings. The van der Waals surface area contributed by atoms with Gasteiger partial charge >= 0.3 is 0 Å². The van der Waals surface area contributed by atoms with Crippen molar-refractivity contribution in [3.05, 3.63) is 23.8 Å². The van der Waals surface area contributed by atoms with E-state index in [2.05, 4.69) is 5.32 Å². The van der Waals surface area contributed by atoms with Crippen LogP contribution in [0.25, 0.3) is 0 Å². The van der Waals surface area contributed by atoms with Crippen molar-refractivity contribution < 1.29 is 14.6 Å². The van der Waals surface area contributed by atoms with Crippen molar-refractivity contribution in [2.24, 2.45) is 5.92 Å². The van der Waals surface area contributed by atoms with Crippen molar-refractivity contribution in [3.8, 4) is 11.5 Å². The number of rotatable bonds is 4. The summed E-state index contributed by atoms with van der Waals surface area (Å²) in [6.07, 6.45) is 2.98. The zero-order valence-electron chi connectivity index (χ0n) is 10.9. The van der Waals surface area contributed by atoms with Gasteiger partial charge < -0.3 is 15.2 Å². The zero-order valence-corrected chi connectivity index (χ0v) is 11.6. The number of amides is 1. The maximum absolute atomic E-state index is 12.0. The minimum Gasteiger partial charge on any atom is -0.504 e. The largest absolute Gasteiger partial charge is 0.504 e. The number of hydrogen-bond donors (Lipinski definition) is 2. The number of carbonyl (C=O) groups is 1. The van der Waals surface area contributed by atoms with Crippen molar-refractivity contribution >= 4 is 17.5 Å². The summed E-state index contributed by atoms with van der Waals surface area (Å²) in [5.41, 5.74) is 0.236. The van der Waals surface area contributed by atoms with Gasteiger partial charge in [0.25, 0.3) is 5.91 Å². The maximum atomic E-state index is 12.0. The highest BCUT2D eigenvalue weighted by Gasteiger charge is 2.23. The summed E-state index contributed by atoms with van der Waals surface area (Å²) < 4.78 is 4.98. The Bertz CT molecular complexity index is 464. The normalized spacial score (nSPS) is 22.2. The van der Waals surface area contributed by atoms with Gasteiger partial charge in [0.15, 0.2) is 11.5 Å². The average Bonchev–Trinajstić information content (AvgIpc) is 2.82. The molecule has 2 atom stereocenters. The molecule has 0 saturated heterocycles. The van der Waals surface area contributed by atoms with Crippen LogP contribution in [0.3, 0.4) is 0 Å². The SMILES string of the molecule is COc1cccc(C(=O)NCC2CCC(Cl)C2)c1O. The number of phenols is 1. The average molecular weight is 284 g/mol. The number of phenolic OH excluding ortho intramolecular Hbond substituents is 1. The van der Waals surface area contributed by atoms with Crippen LogP contribution in [-0.2, 0) is 0 Å². The molecule has 1 aliphatic carbocycles. The molecule has 4 nitrogen and oxygen atoms in total. The lowest BCUT2D eigenvalue weighted by atomic mass is 10.1. The molecule has 0 spiro atoms. The summed E-state index contributed by atoms with van der Waals surface area (Å²) in [6, 6.07) is 4.87. The lowest BCUT2D eigenvalue weighted by Crippen LogP contribution is -2.28. The minimum absolute atomic E-state index is 0.121. The molecule has 0 radical (unpaired) electrons. The highest BCUT2D eigenvalue weighted by atomic mass is 35.5. The molecule has 1 fully saturated rings. The standard InChI is InChI=1S/C14H18ClNO3/c1-19-12-4-2-3-11(13(12)17)14(18)16-8-9-5-6-10(15)7-9/h2-4,9-10,17H,5-8H2,1H3,(H,16,18). The predicted octanol–water partition coefficient (Wildman–Crippen LogP) is 2.54. The van der Waals surface area contributed by atoms with Gasteiger partial charge in [-0.05, 0) is 37.3 Å². The van der Waals surface area contributed by atoms with Gasteiger partial charge in [-0.3, -0.25) is 4.79 Å². The first kappa shape index (κ1) is 14.0. The van der Waals surface area contributed by atoms with Crippen LogP contribution < -0.4 is 10.1 Å². The van der Waals surface area contributed by atoms with E-state index in [1.54, 1.807) is 18.2 Å². The number of hydrogen-bond acceptors (Lipinski definition) is 3. The van der Waals surface area contributed by atoms with E-state index in [0.717, 1.165) is 19.3 Å². The third-order valence-electron chi connectivity index (χ3n) is 3.49. The Labute approximate surface area is 117 Å². The fourth-order valence-corrected chi connectivity index (χ4v) is 2.78. The number of nitrogens with one attached hydrogen (secondary N) is 1. The first-order valence-corrected chi connectivity index (χ1v) is 6.83. The lowest BCUT2D eigenvalue weighted by molar-refractivity contribution is 0.0944. The molecular weight excluding hydrogens is 266 g/mol. The maximum Gasteiger partial charge on any atom is 0.255 e. The van der Waals surface area contributed by atoms with Gasteiger partial charge in [-0.1, -0.05) is 6.07 Å². The van der Waals surface area contributed by atoms with E-state index in [1.165, 1.54) is 7.11 Å². The molecule has 0 aromatic heterocycles. The van der Waals surface area contributed by atoms with Crippen LogP contribution in [0.4, 0.5) is 0 Å². The molecule has 104 valence electrons. The van der Waals surface area contributed by atoms with Crippen LogP contribution in [-0.4, -0.2) is 30.0 Å². The monoisotopic (exact) mass is 283 g/mol. The van der Waals surface area contributed by atoms with Crippen LogP contribution in [0, 0.1) is 5.92 Å². The van der Waals surface area contributed by atoms with Crippen LogP contribution in [0.1, 0.15) is 29.6 Å².